The van der Waals surface area contributed by atoms with Crippen LogP contribution in [0, 0.1) is 0 Å². The number of thiophene rings is 1. The number of thiazole rings is 1. The van der Waals surface area contributed by atoms with Gasteiger partial charge >= 0.3 is 0 Å². The maximum absolute atomic E-state index is 4.57. The largest absolute Gasteiger partial charge is 0.369 e. The van der Waals surface area contributed by atoms with Crippen LogP contribution in [0.1, 0.15) is 24.8 Å². The molecule has 0 saturated carbocycles. The van der Waals surface area contributed by atoms with Crippen molar-refractivity contribution >= 4 is 44.7 Å². The summed E-state index contributed by atoms with van der Waals surface area (Å²) in [4.78, 5) is 14.4. The van der Waals surface area contributed by atoms with E-state index in [4.69, 9.17) is 0 Å². The van der Waals surface area contributed by atoms with Crippen LogP contribution in [-0.2, 0) is 0 Å². The molecule has 3 heterocycles. The van der Waals surface area contributed by atoms with E-state index >= 15 is 0 Å². The topological polar surface area (TPSA) is 62.7 Å². The molecule has 0 aliphatic heterocycles. The van der Waals surface area contributed by atoms with Gasteiger partial charge in [0.2, 0.25) is 5.95 Å². The van der Waals surface area contributed by atoms with Gasteiger partial charge in [0.25, 0.3) is 0 Å². The Morgan fingerprint density at radius 3 is 2.86 bits per heavy atom. The second-order valence-electron chi connectivity index (χ2n) is 4.72. The first-order chi connectivity index (χ1) is 10.3. The Balaban J connectivity index is 1.80. The number of fused-ring (bicyclic) bond motifs is 1. The van der Waals surface area contributed by atoms with Gasteiger partial charge < -0.3 is 10.6 Å². The summed E-state index contributed by atoms with van der Waals surface area (Å²) in [6, 6.07) is 2.06. The number of rotatable bonds is 6. The Morgan fingerprint density at radius 2 is 2.10 bits per heavy atom. The highest BCUT2D eigenvalue weighted by Gasteiger charge is 2.12. The molecule has 3 aromatic heterocycles. The zero-order valence-electron chi connectivity index (χ0n) is 12.0. The second kappa shape index (κ2) is 6.36. The van der Waals surface area contributed by atoms with Crippen LogP contribution in [0.2, 0.25) is 0 Å². The maximum atomic E-state index is 4.57. The predicted octanol–water partition coefficient (Wildman–Crippen LogP) is 3.80. The Kier molecular flexibility index (Phi) is 4.31. The second-order valence-corrected chi connectivity index (χ2v) is 6.54. The average Bonchev–Trinajstić information content (AvgIpc) is 3.15. The molecule has 0 saturated heterocycles. The zero-order valence-corrected chi connectivity index (χ0v) is 13.6. The summed E-state index contributed by atoms with van der Waals surface area (Å²) < 4.78 is 0. The monoisotopic (exact) mass is 319 g/mol. The number of aromatic nitrogens is 3. The van der Waals surface area contributed by atoms with Gasteiger partial charge in [-0.1, -0.05) is 6.92 Å². The summed E-state index contributed by atoms with van der Waals surface area (Å²) in [6.45, 7) is 5.83. The van der Waals surface area contributed by atoms with Crippen molar-refractivity contribution in [1.29, 1.82) is 0 Å². The van der Waals surface area contributed by atoms with E-state index in [9.17, 15) is 0 Å². The van der Waals surface area contributed by atoms with Crippen molar-refractivity contribution in [2.45, 2.75) is 19.8 Å². The fraction of sp³-hybridized carbons (Fsp3) is 0.357. The van der Waals surface area contributed by atoms with E-state index in [0.717, 1.165) is 34.1 Å². The van der Waals surface area contributed by atoms with Crippen molar-refractivity contribution in [3.8, 4) is 0 Å². The molecule has 110 valence electrons. The van der Waals surface area contributed by atoms with E-state index in [2.05, 4.69) is 38.6 Å². The molecule has 0 spiro atoms. The lowest BCUT2D eigenvalue weighted by Crippen LogP contribution is -2.12. The van der Waals surface area contributed by atoms with E-state index < -0.39 is 0 Å². The molecule has 5 nitrogen and oxygen atoms in total. The summed E-state index contributed by atoms with van der Waals surface area (Å²) in [5, 5.41) is 12.9. The van der Waals surface area contributed by atoms with Gasteiger partial charge in [-0.25, -0.2) is 9.97 Å². The molecule has 3 aromatic rings. The average molecular weight is 319 g/mol. The molecule has 0 radical (unpaired) electrons. The number of anilines is 2. The van der Waals surface area contributed by atoms with Gasteiger partial charge in [-0.2, -0.15) is 4.98 Å². The first-order valence-corrected chi connectivity index (χ1v) is 8.66. The Labute approximate surface area is 131 Å². The van der Waals surface area contributed by atoms with Gasteiger partial charge in [-0.15, -0.1) is 22.7 Å². The van der Waals surface area contributed by atoms with Gasteiger partial charge in [0, 0.05) is 30.6 Å². The summed E-state index contributed by atoms with van der Waals surface area (Å²) in [5.41, 5.74) is 0. The van der Waals surface area contributed by atoms with Crippen LogP contribution in [0.4, 0.5) is 11.8 Å². The van der Waals surface area contributed by atoms with Crippen molar-refractivity contribution in [3.05, 3.63) is 28.0 Å². The van der Waals surface area contributed by atoms with E-state index in [1.165, 1.54) is 0 Å². The Hall–Kier alpha value is -1.73. The summed E-state index contributed by atoms with van der Waals surface area (Å²) in [7, 11) is 0. The fourth-order valence-corrected chi connectivity index (χ4v) is 3.50. The fourth-order valence-electron chi connectivity index (χ4n) is 2.04. The minimum absolute atomic E-state index is 0.358. The predicted molar refractivity (Wildman–Crippen MR) is 90.6 cm³/mol. The molecule has 0 bridgehead atoms. The molecule has 3 rings (SSSR count). The molecule has 1 atom stereocenters. The first kappa shape index (κ1) is 14.2. The van der Waals surface area contributed by atoms with Crippen molar-refractivity contribution in [3.63, 3.8) is 0 Å². The molecule has 1 unspecified atom stereocenters. The molecular formula is C14H17N5S2. The first-order valence-electron chi connectivity index (χ1n) is 6.90. The molecule has 0 fully saturated rings. The van der Waals surface area contributed by atoms with Gasteiger partial charge in [0.05, 0.1) is 10.4 Å². The van der Waals surface area contributed by atoms with Crippen LogP contribution in [0.15, 0.2) is 23.0 Å². The number of hydrogen-bond donors (Lipinski definition) is 2. The molecule has 0 aliphatic rings. The number of nitrogens with one attached hydrogen (secondary N) is 2. The smallest absolute Gasteiger partial charge is 0.226 e. The third-order valence-corrected chi connectivity index (χ3v) is 4.92. The lowest BCUT2D eigenvalue weighted by atomic mass is 10.2. The van der Waals surface area contributed by atoms with E-state index in [0.29, 0.717) is 11.9 Å². The van der Waals surface area contributed by atoms with Gasteiger partial charge in [-0.3, -0.25) is 0 Å². The highest BCUT2D eigenvalue weighted by molar-refractivity contribution is 7.16. The summed E-state index contributed by atoms with van der Waals surface area (Å²) in [6.07, 6.45) is 1.85. The minimum Gasteiger partial charge on any atom is -0.369 e. The molecular weight excluding hydrogens is 302 g/mol. The van der Waals surface area contributed by atoms with Crippen LogP contribution >= 0.6 is 22.7 Å². The van der Waals surface area contributed by atoms with Crippen LogP contribution in [-0.4, -0.2) is 28.0 Å². The lowest BCUT2D eigenvalue weighted by molar-refractivity contribution is 0.792. The molecule has 0 aliphatic carbocycles. The van der Waals surface area contributed by atoms with Crippen LogP contribution in [0.5, 0.6) is 0 Å². The zero-order chi connectivity index (χ0) is 14.7. The SMILES string of the molecule is CCNc1nc(NCC(C)c2nccs2)c2ccsc2n1. The van der Waals surface area contributed by atoms with Crippen molar-refractivity contribution in [2.24, 2.45) is 0 Å². The van der Waals surface area contributed by atoms with E-state index in [-0.39, 0.29) is 0 Å². The summed E-state index contributed by atoms with van der Waals surface area (Å²) in [5.74, 6) is 1.92. The summed E-state index contributed by atoms with van der Waals surface area (Å²) >= 11 is 3.32. The van der Waals surface area contributed by atoms with Crippen molar-refractivity contribution in [2.75, 3.05) is 23.7 Å². The van der Waals surface area contributed by atoms with Gasteiger partial charge in [0.1, 0.15) is 10.6 Å². The quantitative estimate of drug-likeness (QED) is 0.723. The minimum atomic E-state index is 0.358. The third-order valence-electron chi connectivity index (χ3n) is 3.11. The number of hydrogen-bond acceptors (Lipinski definition) is 7. The molecule has 21 heavy (non-hydrogen) atoms. The van der Waals surface area contributed by atoms with Crippen LogP contribution in [0.25, 0.3) is 10.2 Å². The van der Waals surface area contributed by atoms with Crippen molar-refractivity contribution in [1.82, 2.24) is 15.0 Å². The van der Waals surface area contributed by atoms with Crippen LogP contribution < -0.4 is 10.6 Å². The Bertz CT molecular complexity index is 707. The highest BCUT2D eigenvalue weighted by Crippen LogP contribution is 2.27. The molecule has 2 N–H and O–H groups in total. The number of nitrogens with zero attached hydrogens (tertiary/aromatic N) is 3. The molecule has 0 aromatic carbocycles. The van der Waals surface area contributed by atoms with Gasteiger partial charge in [-0.05, 0) is 18.4 Å². The third kappa shape index (κ3) is 3.14. The van der Waals surface area contributed by atoms with Gasteiger partial charge in [0.15, 0.2) is 0 Å². The van der Waals surface area contributed by atoms with Crippen LogP contribution in [0.3, 0.4) is 0 Å². The van der Waals surface area contributed by atoms with Crippen molar-refractivity contribution < 1.29 is 0 Å². The van der Waals surface area contributed by atoms with E-state index in [1.54, 1.807) is 22.7 Å². The standard InChI is InChI=1S/C14H17N5S2/c1-3-15-14-18-11(10-4-6-20-13(10)19-14)17-8-9(2)12-16-5-7-21-12/h4-7,9H,3,8H2,1-2H3,(H2,15,17,18,19). The normalized spacial score (nSPS) is 12.5. The Morgan fingerprint density at radius 1 is 1.19 bits per heavy atom. The highest BCUT2D eigenvalue weighted by atomic mass is 32.1. The molecule has 7 heteroatoms. The van der Waals surface area contributed by atoms with E-state index in [1.807, 2.05) is 23.9 Å². The lowest BCUT2D eigenvalue weighted by Gasteiger charge is -2.12. The maximum Gasteiger partial charge on any atom is 0.226 e. The molecule has 0 amide bonds.